The Morgan fingerprint density at radius 3 is 1.06 bits per heavy atom. The van der Waals surface area contributed by atoms with E-state index in [2.05, 4.69) is 0 Å². The molecule has 0 aliphatic heterocycles. The molecule has 0 aliphatic rings. The Labute approximate surface area is 112 Å². The summed E-state index contributed by atoms with van der Waals surface area (Å²) in [6.45, 7) is 11.0. The number of hydrogen-bond acceptors (Lipinski definition) is 2. The van der Waals surface area contributed by atoms with Gasteiger partial charge in [-0.25, -0.2) is 0 Å². The van der Waals surface area contributed by atoms with Crippen molar-refractivity contribution in [2.45, 2.75) is 65.7 Å². The van der Waals surface area contributed by atoms with Gasteiger partial charge in [-0.15, -0.1) is 0 Å². The van der Waals surface area contributed by atoms with Crippen LogP contribution in [0, 0.1) is 0 Å². The highest BCUT2D eigenvalue weighted by Crippen LogP contribution is 2.47. The maximum Gasteiger partial charge on any atom is 0.203 e. The van der Waals surface area contributed by atoms with Gasteiger partial charge in [-0.1, -0.05) is 41.5 Å². The molecule has 0 fully saturated rings. The van der Waals surface area contributed by atoms with Gasteiger partial charge in [-0.2, -0.15) is 0 Å². The third kappa shape index (κ3) is 7.74. The summed E-state index contributed by atoms with van der Waals surface area (Å²) in [5.41, 5.74) is -0.0509. The van der Waals surface area contributed by atoms with Gasteiger partial charge in [0, 0.05) is 23.6 Å². The third-order valence-corrected chi connectivity index (χ3v) is 8.76. The fraction of sp³-hybridized carbons (Fsp3) is 1.00. The first-order chi connectivity index (χ1) is 8.08. The summed E-state index contributed by atoms with van der Waals surface area (Å²) in [7, 11) is -5.53. The van der Waals surface area contributed by atoms with Gasteiger partial charge in [0.1, 0.15) is 0 Å². The van der Waals surface area contributed by atoms with Crippen LogP contribution in [0.25, 0.3) is 0 Å². The molecule has 6 heteroatoms. The van der Waals surface area contributed by atoms with Gasteiger partial charge < -0.3 is 9.79 Å². The van der Waals surface area contributed by atoms with Crippen molar-refractivity contribution in [1.82, 2.24) is 0 Å². The molecule has 2 N–H and O–H groups in total. The average Bonchev–Trinajstić information content (AvgIpc) is 2.37. The highest BCUT2D eigenvalue weighted by molar-refractivity contribution is 7.58. The number of rotatable bonds is 6. The largest absolute Gasteiger partial charge is 0.344 e. The van der Waals surface area contributed by atoms with E-state index in [1.807, 2.05) is 27.7 Å². The molecule has 0 saturated carbocycles. The van der Waals surface area contributed by atoms with Gasteiger partial charge >= 0.3 is 0 Å². The molecule has 0 heterocycles. The van der Waals surface area contributed by atoms with Crippen LogP contribution < -0.4 is 0 Å². The highest BCUT2D eigenvalue weighted by atomic mass is 31.2. The minimum absolute atomic E-state index is 0.0255. The zero-order valence-corrected chi connectivity index (χ0v) is 14.4. The third-order valence-electron chi connectivity index (χ3n) is 3.47. The topological polar surface area (TPSA) is 74.6 Å². The molecule has 4 atom stereocenters. The molecule has 0 aromatic heterocycles. The molecule has 0 radical (unpaired) electrons. The van der Waals surface area contributed by atoms with Gasteiger partial charge in [-0.3, -0.25) is 9.13 Å². The smallest absolute Gasteiger partial charge is 0.203 e. The fourth-order valence-electron chi connectivity index (χ4n) is 1.19. The molecule has 4 nitrogen and oxygen atoms in total. The zero-order valence-electron chi connectivity index (χ0n) is 12.6. The lowest BCUT2D eigenvalue weighted by molar-refractivity contribution is 0.463. The van der Waals surface area contributed by atoms with E-state index in [-0.39, 0.29) is 11.3 Å². The van der Waals surface area contributed by atoms with E-state index >= 15 is 0 Å². The van der Waals surface area contributed by atoms with E-state index in [4.69, 9.17) is 9.79 Å². The summed E-state index contributed by atoms with van der Waals surface area (Å²) < 4.78 is 22.1. The van der Waals surface area contributed by atoms with Crippen LogP contribution in [-0.2, 0) is 9.13 Å². The molecular weight excluding hydrogens is 270 g/mol. The highest BCUT2D eigenvalue weighted by Gasteiger charge is 2.22. The molecular formula is C12H30O4P2. The summed E-state index contributed by atoms with van der Waals surface area (Å²) in [5, 5.41) is 0. The Bertz CT molecular complexity index is 274. The van der Waals surface area contributed by atoms with Gasteiger partial charge in [0.15, 0.2) is 0 Å². The average molecular weight is 300 g/mol. The fourth-order valence-corrected chi connectivity index (χ4v) is 3.58. The van der Waals surface area contributed by atoms with E-state index in [9.17, 15) is 9.13 Å². The first kappa shape index (κ1) is 20.7. The Morgan fingerprint density at radius 2 is 1.00 bits per heavy atom. The van der Waals surface area contributed by atoms with Gasteiger partial charge in [0.2, 0.25) is 14.7 Å². The van der Waals surface area contributed by atoms with Crippen molar-refractivity contribution in [3.05, 3.63) is 0 Å². The Hall–Kier alpha value is 0.380. The minimum Gasteiger partial charge on any atom is -0.344 e. The molecule has 0 aromatic rings. The molecule has 0 spiro atoms. The lowest BCUT2D eigenvalue weighted by atomic mass is 10.4. The lowest BCUT2D eigenvalue weighted by Gasteiger charge is -2.14. The number of hydrogen-bond donors (Lipinski definition) is 2. The van der Waals surface area contributed by atoms with Gasteiger partial charge in [0.25, 0.3) is 0 Å². The molecule has 4 unspecified atom stereocenters. The molecule has 0 amide bonds. The first-order valence-electron chi connectivity index (χ1n) is 6.71. The van der Waals surface area contributed by atoms with Crippen LogP contribution in [0.1, 0.15) is 54.4 Å². The summed E-state index contributed by atoms with van der Waals surface area (Å²) in [6, 6.07) is 0. The van der Waals surface area contributed by atoms with Crippen molar-refractivity contribution < 1.29 is 18.9 Å². The molecule has 112 valence electrons. The molecule has 0 aromatic carbocycles. The second kappa shape index (κ2) is 9.31. The van der Waals surface area contributed by atoms with E-state index < -0.39 is 14.7 Å². The van der Waals surface area contributed by atoms with E-state index in [0.29, 0.717) is 12.3 Å². The summed E-state index contributed by atoms with van der Waals surface area (Å²) in [4.78, 5) is 18.3. The summed E-state index contributed by atoms with van der Waals surface area (Å²) in [5.74, 6) is 0. The van der Waals surface area contributed by atoms with Gasteiger partial charge in [-0.05, 0) is 12.8 Å². The lowest BCUT2D eigenvalue weighted by Crippen LogP contribution is -2.02. The SMILES string of the molecule is CCC(C)P(=O)(O)CC.CCC(C)P(=O)(O)CC. The van der Waals surface area contributed by atoms with Crippen LogP contribution in [0.5, 0.6) is 0 Å². The summed E-state index contributed by atoms with van der Waals surface area (Å²) >= 11 is 0. The van der Waals surface area contributed by atoms with Crippen molar-refractivity contribution in [2.75, 3.05) is 12.3 Å². The minimum atomic E-state index is -2.76. The Balaban J connectivity index is 0. The quantitative estimate of drug-likeness (QED) is 0.723. The second-order valence-corrected chi connectivity index (χ2v) is 10.7. The molecule has 18 heavy (non-hydrogen) atoms. The molecule has 0 saturated heterocycles. The van der Waals surface area contributed by atoms with Crippen molar-refractivity contribution in [3.63, 3.8) is 0 Å². The van der Waals surface area contributed by atoms with Crippen LogP contribution in [-0.4, -0.2) is 33.4 Å². The zero-order chi connectivity index (χ0) is 15.0. The van der Waals surface area contributed by atoms with E-state index in [1.54, 1.807) is 13.8 Å². The van der Waals surface area contributed by atoms with E-state index in [0.717, 1.165) is 12.8 Å². The van der Waals surface area contributed by atoms with Crippen LogP contribution in [0.2, 0.25) is 0 Å². The first-order valence-corrected chi connectivity index (χ1v) is 10.5. The normalized spacial score (nSPS) is 20.9. The Kier molecular flexibility index (Phi) is 10.7. The predicted octanol–water partition coefficient (Wildman–Crippen LogP) is 4.15. The standard InChI is InChI=1S/2C6H15O2P/c2*1-4-6(3)9(7,8)5-2/h2*6H,4-5H2,1-3H3,(H,7,8). The summed E-state index contributed by atoms with van der Waals surface area (Å²) in [6.07, 6.45) is 2.40. The molecule has 0 aliphatic carbocycles. The van der Waals surface area contributed by atoms with Crippen molar-refractivity contribution in [2.24, 2.45) is 0 Å². The van der Waals surface area contributed by atoms with Crippen LogP contribution >= 0.6 is 14.7 Å². The maximum atomic E-state index is 11.1. The van der Waals surface area contributed by atoms with Crippen LogP contribution in [0.3, 0.4) is 0 Å². The van der Waals surface area contributed by atoms with Crippen LogP contribution in [0.4, 0.5) is 0 Å². The Morgan fingerprint density at radius 1 is 0.778 bits per heavy atom. The maximum absolute atomic E-state index is 11.1. The van der Waals surface area contributed by atoms with Crippen molar-refractivity contribution in [1.29, 1.82) is 0 Å². The molecule has 0 bridgehead atoms. The molecule has 0 rings (SSSR count). The van der Waals surface area contributed by atoms with Crippen molar-refractivity contribution >= 4 is 14.7 Å². The van der Waals surface area contributed by atoms with Gasteiger partial charge in [0.05, 0.1) is 0 Å². The monoisotopic (exact) mass is 300 g/mol. The van der Waals surface area contributed by atoms with E-state index in [1.165, 1.54) is 0 Å². The van der Waals surface area contributed by atoms with Crippen molar-refractivity contribution in [3.8, 4) is 0 Å². The van der Waals surface area contributed by atoms with Crippen LogP contribution in [0.15, 0.2) is 0 Å². The predicted molar refractivity (Wildman–Crippen MR) is 80.2 cm³/mol. The second-order valence-electron chi connectivity index (χ2n) is 4.66.